The Hall–Kier alpha value is -1.36. The summed E-state index contributed by atoms with van der Waals surface area (Å²) in [7, 11) is 0. The number of rotatable bonds is 8. The third-order valence-electron chi connectivity index (χ3n) is 2.63. The van der Waals surface area contributed by atoms with E-state index in [4.69, 9.17) is 4.74 Å². The van der Waals surface area contributed by atoms with Gasteiger partial charge in [-0.2, -0.15) is 0 Å². The maximum absolute atomic E-state index is 12.0. The van der Waals surface area contributed by atoms with Gasteiger partial charge in [-0.3, -0.25) is 4.79 Å². The molecule has 19 heavy (non-hydrogen) atoms. The lowest BCUT2D eigenvalue weighted by atomic mass is 10.2. The van der Waals surface area contributed by atoms with E-state index >= 15 is 0 Å². The zero-order valence-corrected chi connectivity index (χ0v) is 12.3. The summed E-state index contributed by atoms with van der Waals surface area (Å²) in [5, 5.41) is 3.07. The summed E-state index contributed by atoms with van der Waals surface area (Å²) in [6.45, 7) is 10.4. The van der Waals surface area contributed by atoms with E-state index in [1.807, 2.05) is 13.8 Å². The van der Waals surface area contributed by atoms with Gasteiger partial charge in [-0.05, 0) is 26.2 Å². The van der Waals surface area contributed by atoms with Gasteiger partial charge >= 0.3 is 0 Å². The first-order valence-electron chi connectivity index (χ1n) is 6.91. The van der Waals surface area contributed by atoms with Crippen molar-refractivity contribution in [3.05, 3.63) is 22.7 Å². The number of ether oxygens (including phenoxy) is 1. The monoisotopic (exact) mass is 267 g/mol. The van der Waals surface area contributed by atoms with Crippen molar-refractivity contribution in [2.75, 3.05) is 25.1 Å². The molecule has 0 unspecified atom stereocenters. The molecule has 0 spiro atoms. The van der Waals surface area contributed by atoms with E-state index in [1.54, 1.807) is 17.0 Å². The zero-order valence-electron chi connectivity index (χ0n) is 12.3. The molecule has 5 nitrogen and oxygen atoms in total. The summed E-state index contributed by atoms with van der Waals surface area (Å²) in [6.07, 6.45) is 4.23. The fourth-order valence-corrected chi connectivity index (χ4v) is 1.65. The average Bonchev–Trinajstić information content (AvgIpc) is 2.34. The normalized spacial score (nSPS) is 11.3. The van der Waals surface area contributed by atoms with Gasteiger partial charge < -0.3 is 14.6 Å². The smallest absolute Gasteiger partial charge is 0.293 e. The molecule has 1 heterocycles. The van der Waals surface area contributed by atoms with Gasteiger partial charge in [0.15, 0.2) is 5.82 Å². The van der Waals surface area contributed by atoms with Gasteiger partial charge in [0.2, 0.25) is 0 Å². The van der Waals surface area contributed by atoms with E-state index in [-0.39, 0.29) is 11.6 Å². The molecule has 0 amide bonds. The van der Waals surface area contributed by atoms with Crippen LogP contribution < -0.4 is 10.9 Å². The highest BCUT2D eigenvalue weighted by atomic mass is 16.5. The molecule has 0 atom stereocenters. The largest absolute Gasteiger partial charge is 0.381 e. The summed E-state index contributed by atoms with van der Waals surface area (Å²) >= 11 is 0. The van der Waals surface area contributed by atoms with E-state index in [2.05, 4.69) is 24.1 Å². The molecule has 0 aromatic carbocycles. The minimum Gasteiger partial charge on any atom is -0.381 e. The number of hydrogen-bond donors (Lipinski definition) is 1. The van der Waals surface area contributed by atoms with Crippen LogP contribution in [-0.2, 0) is 4.74 Å². The van der Waals surface area contributed by atoms with Crippen LogP contribution in [0.3, 0.4) is 0 Å². The molecule has 0 saturated carbocycles. The van der Waals surface area contributed by atoms with Crippen molar-refractivity contribution in [2.24, 2.45) is 5.92 Å². The third kappa shape index (κ3) is 5.42. The Morgan fingerprint density at radius 2 is 2.11 bits per heavy atom. The highest BCUT2D eigenvalue weighted by molar-refractivity contribution is 5.30. The number of anilines is 1. The van der Waals surface area contributed by atoms with Gasteiger partial charge in [-0.25, -0.2) is 4.98 Å². The van der Waals surface area contributed by atoms with Crippen LogP contribution in [0.4, 0.5) is 5.82 Å². The van der Waals surface area contributed by atoms with Crippen LogP contribution in [0.1, 0.15) is 40.2 Å². The number of nitrogens with one attached hydrogen (secondary N) is 1. The molecule has 0 saturated heterocycles. The lowest BCUT2D eigenvalue weighted by Gasteiger charge is -2.11. The first-order valence-corrected chi connectivity index (χ1v) is 6.91. The summed E-state index contributed by atoms with van der Waals surface area (Å²) in [4.78, 5) is 16.1. The number of nitrogens with zero attached hydrogens (tertiary/aromatic N) is 2. The second kappa shape index (κ2) is 7.94. The van der Waals surface area contributed by atoms with Crippen LogP contribution in [0.2, 0.25) is 0 Å². The van der Waals surface area contributed by atoms with Crippen molar-refractivity contribution in [1.29, 1.82) is 0 Å². The van der Waals surface area contributed by atoms with Crippen molar-refractivity contribution < 1.29 is 4.74 Å². The maximum atomic E-state index is 12.0. The van der Waals surface area contributed by atoms with Crippen molar-refractivity contribution in [2.45, 2.75) is 40.2 Å². The Morgan fingerprint density at radius 3 is 2.74 bits per heavy atom. The SMILES string of the molecule is CC(C)COCCCNc1nccn(C(C)C)c1=O. The quantitative estimate of drug-likeness (QED) is 0.734. The summed E-state index contributed by atoms with van der Waals surface area (Å²) in [6, 6.07) is 0.144. The standard InChI is InChI=1S/C14H25N3O2/c1-11(2)10-19-9-5-6-15-13-14(18)17(12(3)4)8-7-16-13/h7-8,11-12H,5-6,9-10H2,1-4H3,(H,15,16). The molecule has 0 aliphatic rings. The van der Waals surface area contributed by atoms with E-state index in [1.165, 1.54) is 0 Å². The predicted molar refractivity (Wildman–Crippen MR) is 77.6 cm³/mol. The van der Waals surface area contributed by atoms with E-state index in [0.29, 0.717) is 24.9 Å². The molecule has 1 aromatic rings. The number of aromatic nitrogens is 2. The van der Waals surface area contributed by atoms with Gasteiger partial charge in [0, 0.05) is 38.2 Å². The van der Waals surface area contributed by atoms with Gasteiger partial charge in [0.25, 0.3) is 5.56 Å². The Morgan fingerprint density at radius 1 is 1.37 bits per heavy atom. The van der Waals surface area contributed by atoms with E-state index in [9.17, 15) is 4.79 Å². The first kappa shape index (κ1) is 15.7. The molecule has 108 valence electrons. The molecule has 5 heteroatoms. The van der Waals surface area contributed by atoms with Gasteiger partial charge in [0.05, 0.1) is 0 Å². The van der Waals surface area contributed by atoms with Crippen LogP contribution in [-0.4, -0.2) is 29.3 Å². The van der Waals surface area contributed by atoms with Crippen molar-refractivity contribution in [3.8, 4) is 0 Å². The molecule has 0 bridgehead atoms. The van der Waals surface area contributed by atoms with Gasteiger partial charge in [0.1, 0.15) is 0 Å². The highest BCUT2D eigenvalue weighted by Crippen LogP contribution is 2.01. The molecule has 1 aromatic heterocycles. The Labute approximate surface area is 115 Å². The molecule has 0 radical (unpaired) electrons. The van der Waals surface area contributed by atoms with Crippen LogP contribution >= 0.6 is 0 Å². The topological polar surface area (TPSA) is 56.1 Å². The molecule has 0 aliphatic heterocycles. The van der Waals surface area contributed by atoms with Gasteiger partial charge in [-0.1, -0.05) is 13.8 Å². The van der Waals surface area contributed by atoms with Crippen molar-refractivity contribution in [1.82, 2.24) is 9.55 Å². The minimum absolute atomic E-state index is 0.0689. The first-order chi connectivity index (χ1) is 9.02. The number of hydrogen-bond acceptors (Lipinski definition) is 4. The molecule has 1 N–H and O–H groups in total. The molecule has 1 rings (SSSR count). The zero-order chi connectivity index (χ0) is 14.3. The van der Waals surface area contributed by atoms with E-state index in [0.717, 1.165) is 13.0 Å². The fourth-order valence-electron chi connectivity index (χ4n) is 1.65. The summed E-state index contributed by atoms with van der Waals surface area (Å²) in [5.74, 6) is 0.974. The van der Waals surface area contributed by atoms with Gasteiger partial charge in [-0.15, -0.1) is 0 Å². The molecular formula is C14H25N3O2. The fraction of sp³-hybridized carbons (Fsp3) is 0.714. The Kier molecular flexibility index (Phi) is 6.56. The highest BCUT2D eigenvalue weighted by Gasteiger charge is 2.06. The van der Waals surface area contributed by atoms with Crippen LogP contribution in [0.15, 0.2) is 17.2 Å². The molecule has 0 aliphatic carbocycles. The van der Waals surface area contributed by atoms with E-state index < -0.39 is 0 Å². The summed E-state index contributed by atoms with van der Waals surface area (Å²) < 4.78 is 7.15. The summed E-state index contributed by atoms with van der Waals surface area (Å²) in [5.41, 5.74) is -0.0689. The van der Waals surface area contributed by atoms with Crippen LogP contribution in [0.5, 0.6) is 0 Å². The average molecular weight is 267 g/mol. The third-order valence-corrected chi connectivity index (χ3v) is 2.63. The van der Waals surface area contributed by atoms with Crippen molar-refractivity contribution >= 4 is 5.82 Å². The second-order valence-electron chi connectivity index (χ2n) is 5.33. The lowest BCUT2D eigenvalue weighted by Crippen LogP contribution is -2.26. The lowest BCUT2D eigenvalue weighted by molar-refractivity contribution is 0.110. The molecular weight excluding hydrogens is 242 g/mol. The maximum Gasteiger partial charge on any atom is 0.293 e. The Bertz CT molecular complexity index is 427. The minimum atomic E-state index is -0.0689. The Balaban J connectivity index is 2.38. The van der Waals surface area contributed by atoms with Crippen LogP contribution in [0.25, 0.3) is 0 Å². The molecule has 0 fully saturated rings. The predicted octanol–water partition coefficient (Wildman–Crippen LogP) is 2.30. The van der Waals surface area contributed by atoms with Crippen molar-refractivity contribution in [3.63, 3.8) is 0 Å². The second-order valence-corrected chi connectivity index (χ2v) is 5.33. The van der Waals surface area contributed by atoms with Crippen LogP contribution in [0, 0.1) is 5.92 Å².